The molecular formula is C24H30F3N6O4+. The molecule has 0 unspecified atom stereocenters. The highest BCUT2D eigenvalue weighted by atomic mass is 19.4. The van der Waals surface area contributed by atoms with Crippen LogP contribution >= 0.6 is 0 Å². The number of aromatic hydroxyl groups is 1. The number of phenols is 1. The Kier molecular flexibility index (Phi) is 7.98. The van der Waals surface area contributed by atoms with E-state index in [0.29, 0.717) is 37.8 Å². The van der Waals surface area contributed by atoms with E-state index < -0.39 is 36.1 Å². The van der Waals surface area contributed by atoms with E-state index >= 15 is 0 Å². The van der Waals surface area contributed by atoms with E-state index in [4.69, 9.17) is 11.5 Å². The number of likely N-dealkylation sites (tertiary alicyclic amines) is 1. The van der Waals surface area contributed by atoms with Crippen molar-refractivity contribution in [3.05, 3.63) is 53.1 Å². The van der Waals surface area contributed by atoms with Gasteiger partial charge in [0.05, 0.1) is 31.8 Å². The summed E-state index contributed by atoms with van der Waals surface area (Å²) >= 11 is 0. The van der Waals surface area contributed by atoms with E-state index in [9.17, 15) is 32.7 Å². The Balaban J connectivity index is 1.53. The van der Waals surface area contributed by atoms with Gasteiger partial charge in [-0.15, -0.1) is 0 Å². The fraction of sp³-hybridized carbons (Fsp3) is 0.375. The van der Waals surface area contributed by atoms with Crippen molar-refractivity contribution in [2.24, 2.45) is 5.73 Å². The number of nitrogen functional groups attached to an aromatic ring is 1. The molecule has 0 aromatic heterocycles. The van der Waals surface area contributed by atoms with Crippen molar-refractivity contribution in [2.75, 3.05) is 39.5 Å². The number of nitrogens with zero attached hydrogens (tertiary/aromatic N) is 2. The van der Waals surface area contributed by atoms with E-state index in [0.717, 1.165) is 17.7 Å². The van der Waals surface area contributed by atoms with E-state index in [1.54, 1.807) is 26.2 Å². The molecule has 1 fully saturated rings. The van der Waals surface area contributed by atoms with E-state index in [2.05, 4.69) is 15.5 Å². The maximum Gasteiger partial charge on any atom is 0.418 e. The number of phenolic OH excluding ortho intramolecular Hbond substituents is 1. The molecule has 0 spiro atoms. The molecule has 3 rings (SSSR count). The van der Waals surface area contributed by atoms with E-state index in [-0.39, 0.29) is 27.5 Å². The van der Waals surface area contributed by atoms with Gasteiger partial charge in [-0.05, 0) is 36.2 Å². The maximum absolute atomic E-state index is 12.9. The first-order valence-electron chi connectivity index (χ1n) is 11.4. The molecule has 4 amide bonds. The first-order valence-corrected chi connectivity index (χ1v) is 11.4. The molecule has 0 bridgehead atoms. The number of alkyl halides is 3. The van der Waals surface area contributed by atoms with Crippen LogP contribution in [0, 0.1) is 0 Å². The van der Waals surface area contributed by atoms with Gasteiger partial charge in [0.1, 0.15) is 0 Å². The SMILES string of the molecule is C[N+](C)(C(N)=O)c1cc(CN2CC[C@@H](NC(=O)CNC(=O)c3cc(C(F)(F)F)ccc3N)C2)ccc1O. The standard InChI is InChI=1S/C24H29F3N6O4/c1-33(2,23(29)37)19-9-14(3-6-20(19)34)12-32-8-7-16(13-32)31-21(35)11-30-22(36)17-10-15(24(25,26)27)4-5-18(17)28/h3-6,9-10,16H,7-8,11-13H2,1-2H3,(H6-,28,29,30,31,34,35,36,37)/p+1/t16-/m1/s1. The van der Waals surface area contributed by atoms with Gasteiger partial charge in [-0.1, -0.05) is 6.07 Å². The molecule has 37 heavy (non-hydrogen) atoms. The van der Waals surface area contributed by atoms with Crippen LogP contribution in [-0.2, 0) is 17.5 Å². The Bertz CT molecular complexity index is 1200. The molecule has 0 radical (unpaired) electrons. The quantitative estimate of drug-likeness (QED) is 0.276. The molecule has 2 aromatic carbocycles. The van der Waals surface area contributed by atoms with Gasteiger partial charge >= 0.3 is 12.2 Å². The predicted molar refractivity (Wildman–Crippen MR) is 131 cm³/mol. The van der Waals surface area contributed by atoms with Crippen molar-refractivity contribution in [3.63, 3.8) is 0 Å². The van der Waals surface area contributed by atoms with Crippen LogP contribution in [0.3, 0.4) is 0 Å². The molecule has 2 aromatic rings. The van der Waals surface area contributed by atoms with Crippen molar-refractivity contribution in [2.45, 2.75) is 25.2 Å². The third-order valence-electron chi connectivity index (χ3n) is 6.27. The number of rotatable bonds is 7. The zero-order valence-electron chi connectivity index (χ0n) is 20.4. The van der Waals surface area contributed by atoms with Crippen LogP contribution < -0.4 is 26.6 Å². The minimum atomic E-state index is -4.63. The van der Waals surface area contributed by atoms with Gasteiger partial charge in [-0.2, -0.15) is 13.2 Å². The molecule has 1 aliphatic rings. The Morgan fingerprint density at radius 2 is 1.86 bits per heavy atom. The molecule has 1 heterocycles. The number of anilines is 1. The highest BCUT2D eigenvalue weighted by molar-refractivity contribution is 6.00. The fourth-order valence-electron chi connectivity index (χ4n) is 4.05. The number of benzene rings is 2. The monoisotopic (exact) mass is 523 g/mol. The minimum Gasteiger partial charge on any atom is -0.503 e. The summed E-state index contributed by atoms with van der Waals surface area (Å²) in [5.41, 5.74) is 10.8. The number of quaternary nitrogens is 1. The van der Waals surface area contributed by atoms with Crippen LogP contribution in [0.1, 0.15) is 27.9 Å². The van der Waals surface area contributed by atoms with Crippen molar-refractivity contribution < 1.29 is 32.7 Å². The van der Waals surface area contributed by atoms with E-state index in [1.807, 2.05) is 0 Å². The Morgan fingerprint density at radius 3 is 2.51 bits per heavy atom. The largest absolute Gasteiger partial charge is 0.503 e. The zero-order chi connectivity index (χ0) is 27.5. The minimum absolute atomic E-state index is 0.0481. The summed E-state index contributed by atoms with van der Waals surface area (Å²) in [6.07, 6.45) is -3.98. The third kappa shape index (κ3) is 6.68. The Morgan fingerprint density at radius 1 is 1.16 bits per heavy atom. The second-order valence-electron chi connectivity index (χ2n) is 9.39. The van der Waals surface area contributed by atoms with Crippen LogP contribution in [-0.4, -0.2) is 67.6 Å². The summed E-state index contributed by atoms with van der Waals surface area (Å²) in [5.74, 6) is -1.42. The fourth-order valence-corrected chi connectivity index (χ4v) is 4.05. The highest BCUT2D eigenvalue weighted by Gasteiger charge is 2.32. The van der Waals surface area contributed by atoms with Crippen LogP contribution in [0.2, 0.25) is 0 Å². The molecule has 200 valence electrons. The summed E-state index contributed by atoms with van der Waals surface area (Å²) in [6.45, 7) is 1.27. The normalized spacial score (nSPS) is 16.4. The lowest BCUT2D eigenvalue weighted by Gasteiger charge is -2.25. The number of carbonyl (C=O) groups excluding carboxylic acids is 3. The van der Waals surface area contributed by atoms with Gasteiger partial charge in [-0.25, -0.2) is 9.28 Å². The van der Waals surface area contributed by atoms with Crippen LogP contribution in [0.5, 0.6) is 5.75 Å². The summed E-state index contributed by atoms with van der Waals surface area (Å²) in [5, 5.41) is 15.3. The number of urea groups is 1. The molecule has 1 saturated heterocycles. The average Bonchev–Trinajstić information content (AvgIpc) is 3.24. The number of hydrogen-bond donors (Lipinski definition) is 5. The predicted octanol–water partition coefficient (Wildman–Crippen LogP) is 1.76. The third-order valence-corrected chi connectivity index (χ3v) is 6.27. The average molecular weight is 524 g/mol. The van der Waals surface area contributed by atoms with Gasteiger partial charge < -0.3 is 27.2 Å². The summed E-state index contributed by atoms with van der Waals surface area (Å²) < 4.78 is 38.4. The van der Waals surface area contributed by atoms with Gasteiger partial charge in [0.25, 0.3) is 5.91 Å². The van der Waals surface area contributed by atoms with Crippen LogP contribution in [0.15, 0.2) is 36.4 Å². The number of primary amides is 1. The van der Waals surface area contributed by atoms with Gasteiger partial charge in [-0.3, -0.25) is 14.5 Å². The first-order chi connectivity index (χ1) is 17.2. The molecule has 10 nitrogen and oxygen atoms in total. The number of hydrogen-bond acceptors (Lipinski definition) is 6. The van der Waals surface area contributed by atoms with Gasteiger partial charge in [0.15, 0.2) is 11.4 Å². The summed E-state index contributed by atoms with van der Waals surface area (Å²) in [4.78, 5) is 38.5. The Hall–Kier alpha value is -3.84. The Labute approximate surface area is 211 Å². The van der Waals surface area contributed by atoms with Gasteiger partial charge in [0, 0.05) is 37.4 Å². The van der Waals surface area contributed by atoms with Crippen LogP contribution in [0.4, 0.5) is 29.3 Å². The lowest BCUT2D eigenvalue weighted by molar-refractivity contribution is -0.137. The van der Waals surface area contributed by atoms with Crippen molar-refractivity contribution in [1.29, 1.82) is 0 Å². The summed E-state index contributed by atoms with van der Waals surface area (Å²) in [7, 11) is 3.14. The molecule has 7 N–H and O–H groups in total. The lowest BCUT2D eigenvalue weighted by Crippen LogP contribution is -2.50. The molecule has 0 saturated carbocycles. The van der Waals surface area contributed by atoms with E-state index in [1.165, 1.54) is 6.07 Å². The second kappa shape index (κ2) is 10.6. The topological polar surface area (TPSA) is 151 Å². The number of halogens is 3. The zero-order valence-corrected chi connectivity index (χ0v) is 20.4. The van der Waals surface area contributed by atoms with Crippen molar-refractivity contribution >= 4 is 29.2 Å². The maximum atomic E-state index is 12.9. The molecule has 0 aliphatic carbocycles. The van der Waals surface area contributed by atoms with Gasteiger partial charge in [0.2, 0.25) is 5.91 Å². The summed E-state index contributed by atoms with van der Waals surface area (Å²) in [6, 6.07) is 6.55. The number of carbonyl (C=O) groups is 3. The lowest BCUT2D eigenvalue weighted by atomic mass is 10.1. The first kappa shape index (κ1) is 27.7. The molecule has 13 heteroatoms. The van der Waals surface area contributed by atoms with Crippen LogP contribution in [0.25, 0.3) is 0 Å². The van der Waals surface area contributed by atoms with Crippen molar-refractivity contribution in [3.8, 4) is 5.75 Å². The molecule has 1 aliphatic heterocycles. The molecule has 1 atom stereocenters. The van der Waals surface area contributed by atoms with Crippen molar-refractivity contribution in [1.82, 2.24) is 20.0 Å². The second-order valence-corrected chi connectivity index (χ2v) is 9.39. The smallest absolute Gasteiger partial charge is 0.418 e. The number of nitrogens with one attached hydrogen (secondary N) is 2. The highest BCUT2D eigenvalue weighted by Crippen LogP contribution is 2.32. The number of amides is 4. The molecular weight excluding hydrogens is 493 g/mol. The number of nitrogens with two attached hydrogens (primary N) is 2.